The van der Waals surface area contributed by atoms with Crippen LogP contribution in [0.1, 0.15) is 0 Å². The Balaban J connectivity index is 2.33. The van der Waals surface area contributed by atoms with Crippen LogP contribution < -0.4 is 0 Å². The highest BCUT2D eigenvalue weighted by Gasteiger charge is 2.11. The van der Waals surface area contributed by atoms with Crippen molar-refractivity contribution in [1.29, 1.82) is 0 Å². The smallest absolute Gasteiger partial charge is 0.0949 e. The molecule has 0 radical (unpaired) electrons. The minimum Gasteiger partial charge on any atom is -0.254 e. The van der Waals surface area contributed by atoms with Gasteiger partial charge in [-0.05, 0) is 51.6 Å². The Morgan fingerprint density at radius 2 is 2.20 bits per heavy atom. The summed E-state index contributed by atoms with van der Waals surface area (Å²) in [6, 6.07) is 6.29. The van der Waals surface area contributed by atoms with Gasteiger partial charge >= 0.3 is 0 Å². The van der Waals surface area contributed by atoms with Gasteiger partial charge in [0, 0.05) is 11.8 Å². The van der Waals surface area contributed by atoms with Crippen LogP contribution in [0.4, 0.5) is 0 Å². The van der Waals surface area contributed by atoms with Crippen molar-refractivity contribution in [1.82, 2.24) is 4.98 Å². The topological polar surface area (TPSA) is 12.9 Å². The molecular formula is C11H6INS2. The molecule has 0 fully saturated rings. The van der Waals surface area contributed by atoms with Crippen molar-refractivity contribution in [3.8, 4) is 10.4 Å². The van der Waals surface area contributed by atoms with E-state index >= 15 is 0 Å². The van der Waals surface area contributed by atoms with E-state index in [9.17, 15) is 0 Å². The number of pyridine rings is 1. The average Bonchev–Trinajstić information content (AvgIpc) is 2.87. The van der Waals surface area contributed by atoms with E-state index in [-0.39, 0.29) is 0 Å². The van der Waals surface area contributed by atoms with E-state index in [4.69, 9.17) is 0 Å². The predicted molar refractivity (Wildman–Crippen MR) is 75.7 cm³/mol. The van der Waals surface area contributed by atoms with Crippen molar-refractivity contribution in [3.05, 3.63) is 38.7 Å². The molecule has 15 heavy (non-hydrogen) atoms. The molecule has 0 aliphatic carbocycles. The largest absolute Gasteiger partial charge is 0.254 e. The van der Waals surface area contributed by atoms with Crippen LogP contribution in [-0.4, -0.2) is 4.98 Å². The second-order valence-corrected chi connectivity index (χ2v) is 6.02. The number of rotatable bonds is 1. The highest BCUT2D eigenvalue weighted by Crippen LogP contribution is 2.38. The summed E-state index contributed by atoms with van der Waals surface area (Å²) < 4.78 is 2.54. The zero-order valence-corrected chi connectivity index (χ0v) is 11.4. The molecule has 0 atom stereocenters. The van der Waals surface area contributed by atoms with Crippen molar-refractivity contribution >= 4 is 55.5 Å². The van der Waals surface area contributed by atoms with Gasteiger partial charge in [0.25, 0.3) is 0 Å². The lowest BCUT2D eigenvalue weighted by Gasteiger charge is -1.91. The standard InChI is InChI=1S/C11H6INS2/c12-9-10-8(2-1-4-13-10)15-11(9)7-3-5-14-6-7/h1-6H. The maximum atomic E-state index is 4.42. The molecule has 0 unspecified atom stereocenters. The molecule has 74 valence electrons. The predicted octanol–water partition coefficient (Wildman–Crippen LogP) is 4.63. The summed E-state index contributed by atoms with van der Waals surface area (Å²) >= 11 is 5.94. The van der Waals surface area contributed by atoms with Crippen LogP contribution in [0.5, 0.6) is 0 Å². The Bertz CT molecular complexity index is 598. The maximum Gasteiger partial charge on any atom is 0.0949 e. The molecule has 4 heteroatoms. The Labute approximate surface area is 109 Å². The number of aromatic nitrogens is 1. The summed E-state index contributed by atoms with van der Waals surface area (Å²) in [5, 5.41) is 4.30. The quantitative estimate of drug-likeness (QED) is 0.587. The fraction of sp³-hybridized carbons (Fsp3) is 0. The third-order valence-corrected chi connectivity index (χ3v) is 5.47. The Morgan fingerprint density at radius 1 is 1.27 bits per heavy atom. The van der Waals surface area contributed by atoms with Gasteiger partial charge in [0.1, 0.15) is 0 Å². The monoisotopic (exact) mass is 343 g/mol. The van der Waals surface area contributed by atoms with Gasteiger partial charge in [-0.3, -0.25) is 4.98 Å². The van der Waals surface area contributed by atoms with Crippen LogP contribution >= 0.6 is 45.3 Å². The SMILES string of the molecule is Ic1c(-c2ccsc2)sc2cccnc12. The van der Waals surface area contributed by atoms with Crippen LogP contribution in [0.15, 0.2) is 35.2 Å². The summed E-state index contributed by atoms with van der Waals surface area (Å²) in [5.74, 6) is 0. The normalized spacial score (nSPS) is 11.0. The van der Waals surface area contributed by atoms with E-state index in [0.29, 0.717) is 0 Å². The first-order chi connectivity index (χ1) is 7.36. The Hall–Kier alpha value is -0.460. The molecule has 0 aliphatic rings. The van der Waals surface area contributed by atoms with Crippen LogP contribution in [0.25, 0.3) is 20.7 Å². The summed E-state index contributed by atoms with van der Waals surface area (Å²) in [5.41, 5.74) is 2.44. The first kappa shape index (κ1) is 9.74. The van der Waals surface area contributed by atoms with Crippen molar-refractivity contribution in [2.75, 3.05) is 0 Å². The molecular weight excluding hydrogens is 337 g/mol. The number of nitrogens with zero attached hydrogens (tertiary/aromatic N) is 1. The number of halogens is 1. The third kappa shape index (κ3) is 1.60. The van der Waals surface area contributed by atoms with E-state index < -0.39 is 0 Å². The van der Waals surface area contributed by atoms with Crippen molar-refractivity contribution < 1.29 is 0 Å². The second-order valence-electron chi connectivity index (χ2n) is 3.11. The van der Waals surface area contributed by atoms with Gasteiger partial charge in [0.15, 0.2) is 0 Å². The first-order valence-electron chi connectivity index (χ1n) is 4.42. The molecule has 0 amide bonds. The van der Waals surface area contributed by atoms with Crippen LogP contribution in [0.3, 0.4) is 0 Å². The van der Waals surface area contributed by atoms with Gasteiger partial charge in [-0.1, -0.05) is 0 Å². The molecule has 0 spiro atoms. The molecule has 0 aromatic carbocycles. The van der Waals surface area contributed by atoms with Crippen molar-refractivity contribution in [3.63, 3.8) is 0 Å². The minimum absolute atomic E-state index is 1.13. The maximum absolute atomic E-state index is 4.42. The second kappa shape index (κ2) is 3.84. The van der Waals surface area contributed by atoms with Gasteiger partial charge in [0.05, 0.1) is 18.7 Å². The van der Waals surface area contributed by atoms with E-state index in [0.717, 1.165) is 5.52 Å². The lowest BCUT2D eigenvalue weighted by atomic mass is 10.3. The molecule has 0 N–H and O–H groups in total. The lowest BCUT2D eigenvalue weighted by molar-refractivity contribution is 1.42. The molecule has 1 nitrogen and oxygen atoms in total. The number of thiophene rings is 2. The number of fused-ring (bicyclic) bond motifs is 1. The van der Waals surface area contributed by atoms with Gasteiger partial charge in [-0.25, -0.2) is 0 Å². The number of hydrogen-bond donors (Lipinski definition) is 0. The summed E-state index contributed by atoms with van der Waals surface area (Å²) in [6.45, 7) is 0. The van der Waals surface area contributed by atoms with Crippen molar-refractivity contribution in [2.45, 2.75) is 0 Å². The summed E-state index contributed by atoms with van der Waals surface area (Å²) in [6.07, 6.45) is 1.86. The lowest BCUT2D eigenvalue weighted by Crippen LogP contribution is -1.74. The molecule has 3 aromatic heterocycles. The van der Waals surface area contributed by atoms with Crippen LogP contribution in [-0.2, 0) is 0 Å². The summed E-state index contributed by atoms with van der Waals surface area (Å²) in [7, 11) is 0. The fourth-order valence-electron chi connectivity index (χ4n) is 1.48. The van der Waals surface area contributed by atoms with Crippen LogP contribution in [0, 0.1) is 3.57 Å². The van der Waals surface area contributed by atoms with E-state index in [1.807, 2.05) is 23.6 Å². The zero-order chi connectivity index (χ0) is 10.3. The van der Waals surface area contributed by atoms with E-state index in [1.165, 1.54) is 18.7 Å². The molecule has 3 heterocycles. The highest BCUT2D eigenvalue weighted by molar-refractivity contribution is 14.1. The average molecular weight is 343 g/mol. The molecule has 0 bridgehead atoms. The van der Waals surface area contributed by atoms with Gasteiger partial charge in [0.2, 0.25) is 0 Å². The van der Waals surface area contributed by atoms with Gasteiger partial charge in [-0.2, -0.15) is 11.3 Å². The molecule has 0 saturated heterocycles. The van der Waals surface area contributed by atoms with Crippen LogP contribution in [0.2, 0.25) is 0 Å². The van der Waals surface area contributed by atoms with Gasteiger partial charge < -0.3 is 0 Å². The summed E-state index contributed by atoms with van der Waals surface area (Å²) in [4.78, 5) is 5.76. The van der Waals surface area contributed by atoms with Crippen molar-refractivity contribution in [2.24, 2.45) is 0 Å². The van der Waals surface area contributed by atoms with Gasteiger partial charge in [-0.15, -0.1) is 11.3 Å². The third-order valence-electron chi connectivity index (χ3n) is 2.17. The van der Waals surface area contributed by atoms with E-state index in [2.05, 4.69) is 50.5 Å². The van der Waals surface area contributed by atoms with E-state index in [1.54, 1.807) is 11.3 Å². The highest BCUT2D eigenvalue weighted by atomic mass is 127. The Morgan fingerprint density at radius 3 is 2.93 bits per heavy atom. The Kier molecular flexibility index (Phi) is 2.50. The molecule has 0 saturated carbocycles. The fourth-order valence-corrected chi connectivity index (χ4v) is 4.50. The number of hydrogen-bond acceptors (Lipinski definition) is 3. The first-order valence-corrected chi connectivity index (χ1v) is 7.25. The molecule has 3 rings (SSSR count). The molecule has 0 aliphatic heterocycles. The zero-order valence-electron chi connectivity index (χ0n) is 7.61. The minimum atomic E-state index is 1.13. The molecule has 3 aromatic rings.